The molecule has 0 aliphatic rings. The van der Waals surface area contributed by atoms with Crippen molar-refractivity contribution in [2.24, 2.45) is 0 Å². The van der Waals surface area contributed by atoms with Crippen molar-refractivity contribution in [3.8, 4) is 10.6 Å². The van der Waals surface area contributed by atoms with E-state index in [0.717, 1.165) is 17.1 Å². The second kappa shape index (κ2) is 5.80. The number of nitrogens with zero attached hydrogens (tertiary/aromatic N) is 1. The molecule has 0 radical (unpaired) electrons. The van der Waals surface area contributed by atoms with Gasteiger partial charge in [0, 0.05) is 16.8 Å². The topological polar surface area (TPSA) is 24.9 Å². The van der Waals surface area contributed by atoms with Crippen LogP contribution in [0, 0.1) is 5.82 Å². The molecule has 0 bridgehead atoms. The van der Waals surface area contributed by atoms with Gasteiger partial charge in [0.2, 0.25) is 0 Å². The van der Waals surface area contributed by atoms with Crippen LogP contribution in [0.4, 0.5) is 4.39 Å². The van der Waals surface area contributed by atoms with E-state index in [1.165, 1.54) is 17.4 Å². The van der Waals surface area contributed by atoms with Crippen LogP contribution >= 0.6 is 22.9 Å². The Hall–Kier alpha value is -0.970. The third-order valence-electron chi connectivity index (χ3n) is 2.92. The van der Waals surface area contributed by atoms with E-state index in [4.69, 9.17) is 11.6 Å². The summed E-state index contributed by atoms with van der Waals surface area (Å²) in [5.74, 6) is -0.331. The number of thiazole rings is 1. The van der Waals surface area contributed by atoms with Crippen molar-refractivity contribution in [2.75, 3.05) is 7.05 Å². The predicted octanol–water partition coefficient (Wildman–Crippen LogP) is 4.62. The maximum absolute atomic E-state index is 14.0. The number of hydrogen-bond donors (Lipinski definition) is 1. The molecule has 1 aromatic carbocycles. The minimum Gasteiger partial charge on any atom is -0.315 e. The maximum Gasteiger partial charge on any atom is 0.134 e. The van der Waals surface area contributed by atoms with Crippen molar-refractivity contribution in [1.82, 2.24) is 10.3 Å². The molecule has 108 valence electrons. The zero-order valence-corrected chi connectivity index (χ0v) is 13.6. The van der Waals surface area contributed by atoms with E-state index in [9.17, 15) is 4.39 Å². The van der Waals surface area contributed by atoms with E-state index < -0.39 is 0 Å². The molecule has 0 amide bonds. The normalized spacial score (nSPS) is 11.9. The van der Waals surface area contributed by atoms with Gasteiger partial charge in [-0.05, 0) is 19.2 Å². The Bertz CT molecular complexity index is 597. The summed E-state index contributed by atoms with van der Waals surface area (Å²) in [6.07, 6.45) is 0. The summed E-state index contributed by atoms with van der Waals surface area (Å²) in [6, 6.07) is 4.71. The Morgan fingerprint density at radius 2 is 2.05 bits per heavy atom. The number of nitrogens with one attached hydrogen (secondary N) is 1. The van der Waals surface area contributed by atoms with Crippen LogP contribution < -0.4 is 5.32 Å². The van der Waals surface area contributed by atoms with E-state index in [1.807, 2.05) is 7.05 Å². The van der Waals surface area contributed by atoms with Crippen molar-refractivity contribution in [3.63, 3.8) is 0 Å². The summed E-state index contributed by atoms with van der Waals surface area (Å²) in [4.78, 5) is 5.77. The van der Waals surface area contributed by atoms with E-state index >= 15 is 0 Å². The molecular weight excluding hydrogens is 295 g/mol. The van der Waals surface area contributed by atoms with Crippen molar-refractivity contribution in [3.05, 3.63) is 39.6 Å². The largest absolute Gasteiger partial charge is 0.315 e. The Morgan fingerprint density at radius 3 is 2.60 bits per heavy atom. The van der Waals surface area contributed by atoms with Crippen molar-refractivity contribution in [1.29, 1.82) is 0 Å². The van der Waals surface area contributed by atoms with E-state index in [0.29, 0.717) is 15.6 Å². The van der Waals surface area contributed by atoms with Crippen LogP contribution in [0.3, 0.4) is 0 Å². The molecule has 2 aromatic rings. The monoisotopic (exact) mass is 312 g/mol. The molecule has 2 rings (SSSR count). The fraction of sp³-hybridized carbons (Fsp3) is 0.400. The fourth-order valence-electron chi connectivity index (χ4n) is 2.03. The van der Waals surface area contributed by atoms with Gasteiger partial charge in [-0.15, -0.1) is 11.3 Å². The number of aromatic nitrogens is 1. The highest BCUT2D eigenvalue weighted by Crippen LogP contribution is 2.38. The first-order chi connectivity index (χ1) is 9.34. The molecule has 0 fully saturated rings. The van der Waals surface area contributed by atoms with Gasteiger partial charge in [0.05, 0.1) is 16.3 Å². The lowest BCUT2D eigenvalue weighted by Crippen LogP contribution is -2.16. The molecule has 0 aliphatic carbocycles. The first kappa shape index (κ1) is 15.4. The molecule has 1 aromatic heterocycles. The van der Waals surface area contributed by atoms with Crippen LogP contribution in [-0.2, 0) is 12.0 Å². The zero-order valence-electron chi connectivity index (χ0n) is 12.1. The third kappa shape index (κ3) is 3.03. The lowest BCUT2D eigenvalue weighted by Gasteiger charge is -2.17. The van der Waals surface area contributed by atoms with Crippen molar-refractivity contribution in [2.45, 2.75) is 32.7 Å². The fourth-order valence-corrected chi connectivity index (χ4v) is 3.68. The quantitative estimate of drug-likeness (QED) is 0.894. The number of hydrogen-bond acceptors (Lipinski definition) is 3. The zero-order chi connectivity index (χ0) is 14.9. The van der Waals surface area contributed by atoms with Crippen LogP contribution in [0.2, 0.25) is 5.02 Å². The molecule has 0 spiro atoms. The summed E-state index contributed by atoms with van der Waals surface area (Å²) >= 11 is 7.62. The molecule has 1 heterocycles. The van der Waals surface area contributed by atoms with Gasteiger partial charge in [0.25, 0.3) is 0 Å². The molecule has 2 nitrogen and oxygen atoms in total. The number of rotatable bonds is 3. The molecule has 5 heteroatoms. The highest BCUT2D eigenvalue weighted by atomic mass is 35.5. The summed E-state index contributed by atoms with van der Waals surface area (Å²) in [7, 11) is 1.89. The summed E-state index contributed by atoms with van der Waals surface area (Å²) < 4.78 is 14.0. The third-order valence-corrected chi connectivity index (χ3v) is 4.31. The minimum atomic E-state index is -0.331. The Labute approximate surface area is 128 Å². The molecule has 1 N–H and O–H groups in total. The molecular formula is C15H18ClFN2S. The summed E-state index contributed by atoms with van der Waals surface area (Å²) in [6.45, 7) is 7.03. The van der Waals surface area contributed by atoms with Crippen LogP contribution in [0.1, 0.15) is 31.3 Å². The van der Waals surface area contributed by atoms with Gasteiger partial charge in [-0.3, -0.25) is 0 Å². The SMILES string of the molecule is CNCc1sc(-c2c(F)cccc2Cl)nc1C(C)(C)C. The Kier molecular flexibility index (Phi) is 4.47. The molecule has 20 heavy (non-hydrogen) atoms. The lowest BCUT2D eigenvalue weighted by atomic mass is 9.91. The maximum atomic E-state index is 14.0. The smallest absolute Gasteiger partial charge is 0.134 e. The molecule has 0 aliphatic heterocycles. The second-order valence-corrected chi connectivity index (χ2v) is 7.16. The number of benzene rings is 1. The minimum absolute atomic E-state index is 0.0847. The van der Waals surface area contributed by atoms with E-state index in [2.05, 4.69) is 31.1 Å². The first-order valence-corrected chi connectivity index (χ1v) is 7.63. The van der Waals surface area contributed by atoms with E-state index in [-0.39, 0.29) is 11.2 Å². The second-order valence-electron chi connectivity index (χ2n) is 5.67. The van der Waals surface area contributed by atoms with E-state index in [1.54, 1.807) is 12.1 Å². The molecule has 0 saturated heterocycles. The standard InChI is InChI=1S/C15H18ClFN2S/c1-15(2,3)13-11(8-18-4)20-14(19-13)12-9(16)6-5-7-10(12)17/h5-7,18H,8H2,1-4H3. The number of halogens is 2. The Balaban J connectivity index is 2.59. The van der Waals surface area contributed by atoms with Crippen molar-refractivity contribution < 1.29 is 4.39 Å². The predicted molar refractivity (Wildman–Crippen MR) is 84.0 cm³/mol. The lowest BCUT2D eigenvalue weighted by molar-refractivity contribution is 0.563. The Morgan fingerprint density at radius 1 is 1.35 bits per heavy atom. The van der Waals surface area contributed by atoms with Gasteiger partial charge in [-0.1, -0.05) is 38.4 Å². The van der Waals surface area contributed by atoms with Crippen LogP contribution in [0.5, 0.6) is 0 Å². The van der Waals surface area contributed by atoms with Gasteiger partial charge < -0.3 is 5.32 Å². The molecule has 0 atom stereocenters. The van der Waals surface area contributed by atoms with Gasteiger partial charge in [0.15, 0.2) is 0 Å². The van der Waals surface area contributed by atoms with Crippen molar-refractivity contribution >= 4 is 22.9 Å². The highest BCUT2D eigenvalue weighted by Gasteiger charge is 2.25. The molecule has 0 unspecified atom stereocenters. The van der Waals surface area contributed by atoms with Gasteiger partial charge in [0.1, 0.15) is 10.8 Å². The molecule has 0 saturated carbocycles. The average molecular weight is 313 g/mol. The first-order valence-electron chi connectivity index (χ1n) is 6.43. The van der Waals surface area contributed by atoms with Crippen LogP contribution in [0.25, 0.3) is 10.6 Å². The van der Waals surface area contributed by atoms with Gasteiger partial charge in [-0.2, -0.15) is 0 Å². The highest BCUT2D eigenvalue weighted by molar-refractivity contribution is 7.15. The van der Waals surface area contributed by atoms with Gasteiger partial charge in [-0.25, -0.2) is 9.37 Å². The van der Waals surface area contributed by atoms with Crippen LogP contribution in [-0.4, -0.2) is 12.0 Å². The van der Waals surface area contributed by atoms with Gasteiger partial charge >= 0.3 is 0 Å². The average Bonchev–Trinajstić information content (AvgIpc) is 2.73. The van der Waals surface area contributed by atoms with Crippen LogP contribution in [0.15, 0.2) is 18.2 Å². The summed E-state index contributed by atoms with van der Waals surface area (Å²) in [5, 5.41) is 4.17. The summed E-state index contributed by atoms with van der Waals surface area (Å²) in [5.41, 5.74) is 1.30.